The Hall–Kier alpha value is -3.84. The van der Waals surface area contributed by atoms with E-state index in [1.165, 1.54) is 5.56 Å². The minimum absolute atomic E-state index is 0.588. The minimum Gasteiger partial charge on any atom is -0.493 e. The third-order valence-electron chi connectivity index (χ3n) is 5.33. The van der Waals surface area contributed by atoms with Crippen molar-refractivity contribution in [3.05, 3.63) is 89.9 Å². The summed E-state index contributed by atoms with van der Waals surface area (Å²) in [5, 5.41) is 8.38. The smallest absolute Gasteiger partial charge is 0.203 e. The van der Waals surface area contributed by atoms with E-state index in [-0.39, 0.29) is 0 Å². The van der Waals surface area contributed by atoms with E-state index in [1.54, 1.807) is 27.5 Å². The quantitative estimate of drug-likeness (QED) is 0.393. The number of nitrogens with zero attached hydrogens (tertiary/aromatic N) is 3. The van der Waals surface area contributed by atoms with Crippen molar-refractivity contribution in [1.29, 1.82) is 0 Å². The normalized spacial score (nSPS) is 10.8. The minimum atomic E-state index is 0.588. The molecule has 7 nitrogen and oxygen atoms in total. The van der Waals surface area contributed by atoms with Crippen molar-refractivity contribution >= 4 is 0 Å². The predicted octanol–water partition coefficient (Wildman–Crippen LogP) is 4.31. The van der Waals surface area contributed by atoms with Gasteiger partial charge < -0.3 is 19.5 Å². The van der Waals surface area contributed by atoms with E-state index < -0.39 is 0 Å². The topological polar surface area (TPSA) is 70.4 Å². The molecule has 2 aromatic heterocycles. The SMILES string of the molecule is COc1cc(CNCc2cn(Cc3ccccc3)nc2-c2cccnc2)cc(OC)c1OC. The van der Waals surface area contributed by atoms with Crippen LogP contribution in [0.2, 0.25) is 0 Å². The van der Waals surface area contributed by atoms with Gasteiger partial charge in [-0.1, -0.05) is 30.3 Å². The summed E-state index contributed by atoms with van der Waals surface area (Å²) in [7, 11) is 4.84. The van der Waals surface area contributed by atoms with E-state index >= 15 is 0 Å². The second-order valence-corrected chi connectivity index (χ2v) is 7.56. The summed E-state index contributed by atoms with van der Waals surface area (Å²) in [6, 6.07) is 18.2. The first-order valence-electron chi connectivity index (χ1n) is 10.7. The monoisotopic (exact) mass is 444 g/mol. The number of methoxy groups -OCH3 is 3. The zero-order valence-corrected chi connectivity index (χ0v) is 19.1. The molecule has 0 atom stereocenters. The molecular weight excluding hydrogens is 416 g/mol. The van der Waals surface area contributed by atoms with Crippen molar-refractivity contribution in [3.8, 4) is 28.5 Å². The average Bonchev–Trinajstić information content (AvgIpc) is 3.26. The highest BCUT2D eigenvalue weighted by Crippen LogP contribution is 2.38. The van der Waals surface area contributed by atoms with Crippen LogP contribution in [0.5, 0.6) is 17.2 Å². The van der Waals surface area contributed by atoms with Crippen molar-refractivity contribution in [1.82, 2.24) is 20.1 Å². The third-order valence-corrected chi connectivity index (χ3v) is 5.33. The lowest BCUT2D eigenvalue weighted by Gasteiger charge is -2.14. The fourth-order valence-electron chi connectivity index (χ4n) is 3.77. The Morgan fingerprint density at radius 3 is 2.24 bits per heavy atom. The first-order valence-corrected chi connectivity index (χ1v) is 10.7. The zero-order valence-electron chi connectivity index (χ0n) is 19.1. The number of pyridine rings is 1. The summed E-state index contributed by atoms with van der Waals surface area (Å²) in [4.78, 5) is 4.27. The molecule has 0 aliphatic heterocycles. The second kappa shape index (κ2) is 10.7. The van der Waals surface area contributed by atoms with Gasteiger partial charge >= 0.3 is 0 Å². The Morgan fingerprint density at radius 2 is 1.61 bits per heavy atom. The number of hydrogen-bond acceptors (Lipinski definition) is 6. The molecule has 170 valence electrons. The van der Waals surface area contributed by atoms with Crippen LogP contribution in [0, 0.1) is 0 Å². The maximum atomic E-state index is 5.47. The molecule has 0 saturated heterocycles. The molecule has 2 heterocycles. The number of aromatic nitrogens is 3. The molecule has 0 unspecified atom stereocenters. The Kier molecular flexibility index (Phi) is 7.22. The van der Waals surface area contributed by atoms with Gasteiger partial charge in [0.15, 0.2) is 11.5 Å². The van der Waals surface area contributed by atoms with Crippen LogP contribution in [-0.4, -0.2) is 36.1 Å². The molecule has 1 N–H and O–H groups in total. The van der Waals surface area contributed by atoms with Gasteiger partial charge in [0.05, 0.1) is 33.6 Å². The first kappa shape index (κ1) is 22.4. The predicted molar refractivity (Wildman–Crippen MR) is 128 cm³/mol. The van der Waals surface area contributed by atoms with Crippen LogP contribution in [0.3, 0.4) is 0 Å². The fraction of sp³-hybridized carbons (Fsp3) is 0.231. The molecule has 0 amide bonds. The second-order valence-electron chi connectivity index (χ2n) is 7.56. The number of ether oxygens (including phenoxy) is 3. The summed E-state index contributed by atoms with van der Waals surface area (Å²) in [6.07, 6.45) is 5.71. The summed E-state index contributed by atoms with van der Waals surface area (Å²) >= 11 is 0. The van der Waals surface area contributed by atoms with Crippen molar-refractivity contribution < 1.29 is 14.2 Å². The van der Waals surface area contributed by atoms with Crippen molar-refractivity contribution in [2.45, 2.75) is 19.6 Å². The van der Waals surface area contributed by atoms with Crippen molar-refractivity contribution in [2.75, 3.05) is 21.3 Å². The van der Waals surface area contributed by atoms with Crippen molar-refractivity contribution in [3.63, 3.8) is 0 Å². The first-order chi connectivity index (χ1) is 16.2. The van der Waals surface area contributed by atoms with E-state index in [9.17, 15) is 0 Å². The summed E-state index contributed by atoms with van der Waals surface area (Å²) < 4.78 is 18.3. The maximum Gasteiger partial charge on any atom is 0.203 e. The number of nitrogens with one attached hydrogen (secondary N) is 1. The molecule has 2 aromatic carbocycles. The Labute approximate surface area is 194 Å². The lowest BCUT2D eigenvalue weighted by molar-refractivity contribution is 0.323. The van der Waals surface area contributed by atoms with Crippen LogP contribution < -0.4 is 19.5 Å². The van der Waals surface area contributed by atoms with Crippen LogP contribution in [-0.2, 0) is 19.6 Å². The molecule has 0 spiro atoms. The van der Waals surface area contributed by atoms with Gasteiger partial charge in [0.25, 0.3) is 0 Å². The summed E-state index contributed by atoms with van der Waals surface area (Å²) in [6.45, 7) is 1.99. The largest absolute Gasteiger partial charge is 0.493 e. The lowest BCUT2D eigenvalue weighted by atomic mass is 10.1. The van der Waals surface area contributed by atoms with Crippen LogP contribution in [0.1, 0.15) is 16.7 Å². The van der Waals surface area contributed by atoms with Gasteiger partial charge in [-0.05, 0) is 35.4 Å². The highest BCUT2D eigenvalue weighted by atomic mass is 16.5. The Balaban J connectivity index is 1.54. The molecule has 33 heavy (non-hydrogen) atoms. The molecule has 0 radical (unpaired) electrons. The molecule has 0 saturated carbocycles. The third kappa shape index (κ3) is 5.32. The van der Waals surface area contributed by atoms with Gasteiger partial charge in [0, 0.05) is 42.8 Å². The zero-order chi connectivity index (χ0) is 23.0. The molecule has 7 heteroatoms. The van der Waals surface area contributed by atoms with Gasteiger partial charge in [-0.15, -0.1) is 0 Å². The molecule has 0 bridgehead atoms. The van der Waals surface area contributed by atoms with Gasteiger partial charge in [-0.3, -0.25) is 9.67 Å². The molecular formula is C26H28N4O3. The summed E-state index contributed by atoms with van der Waals surface area (Å²) in [5.41, 5.74) is 5.26. The van der Waals surface area contributed by atoms with E-state index in [0.717, 1.165) is 22.4 Å². The number of rotatable bonds is 10. The van der Waals surface area contributed by atoms with Crippen LogP contribution in [0.15, 0.2) is 73.2 Å². The van der Waals surface area contributed by atoms with Crippen LogP contribution in [0.4, 0.5) is 0 Å². The standard InChI is InChI=1S/C26H28N4O3/c1-31-23-12-20(13-24(32-2)26(23)33-3)14-28-16-22-18-30(17-19-8-5-4-6-9-19)29-25(22)21-10-7-11-27-15-21/h4-13,15,18,28H,14,16-17H2,1-3H3. The molecule has 0 fully saturated rings. The van der Waals surface area contributed by atoms with Crippen LogP contribution >= 0.6 is 0 Å². The van der Waals surface area contributed by atoms with Gasteiger partial charge in [-0.25, -0.2) is 0 Å². The van der Waals surface area contributed by atoms with Gasteiger partial charge in [0.2, 0.25) is 5.75 Å². The number of hydrogen-bond donors (Lipinski definition) is 1. The highest BCUT2D eigenvalue weighted by Gasteiger charge is 2.14. The van der Waals surface area contributed by atoms with E-state index in [1.807, 2.05) is 53.3 Å². The van der Waals surface area contributed by atoms with Gasteiger partial charge in [0.1, 0.15) is 0 Å². The Bertz CT molecular complexity index is 1150. The molecule has 0 aliphatic rings. The van der Waals surface area contributed by atoms with E-state index in [2.05, 4.69) is 28.6 Å². The van der Waals surface area contributed by atoms with Crippen molar-refractivity contribution in [2.24, 2.45) is 0 Å². The van der Waals surface area contributed by atoms with Crippen LogP contribution in [0.25, 0.3) is 11.3 Å². The van der Waals surface area contributed by atoms with E-state index in [4.69, 9.17) is 19.3 Å². The fourth-order valence-corrected chi connectivity index (χ4v) is 3.77. The number of benzene rings is 2. The Morgan fingerprint density at radius 1 is 0.848 bits per heavy atom. The average molecular weight is 445 g/mol. The molecule has 0 aliphatic carbocycles. The molecule has 4 rings (SSSR count). The van der Waals surface area contributed by atoms with E-state index in [0.29, 0.717) is 36.9 Å². The summed E-state index contributed by atoms with van der Waals surface area (Å²) in [5.74, 6) is 1.87. The molecule has 4 aromatic rings. The lowest BCUT2D eigenvalue weighted by Crippen LogP contribution is -2.13. The highest BCUT2D eigenvalue weighted by molar-refractivity contribution is 5.61. The van der Waals surface area contributed by atoms with Gasteiger partial charge in [-0.2, -0.15) is 5.10 Å². The maximum absolute atomic E-state index is 5.47.